The minimum atomic E-state index is -4.76. The van der Waals surface area contributed by atoms with Gasteiger partial charge in [0.1, 0.15) is 5.75 Å². The van der Waals surface area contributed by atoms with Crippen molar-refractivity contribution >= 4 is 16.8 Å². The summed E-state index contributed by atoms with van der Waals surface area (Å²) in [7, 11) is 5.84. The Bertz CT molecular complexity index is 995. The molecule has 1 atom stereocenters. The number of benzene rings is 2. The molecule has 5 nitrogen and oxygen atoms in total. The number of fused-ring (bicyclic) bond motifs is 1. The van der Waals surface area contributed by atoms with Gasteiger partial charge in [-0.25, -0.2) is 0 Å². The van der Waals surface area contributed by atoms with Crippen molar-refractivity contribution in [2.24, 2.45) is 7.05 Å². The number of carbonyl (C=O) groups excluding carboxylic acids is 1. The normalized spacial score (nSPS) is 12.9. The minimum absolute atomic E-state index is 0.0714. The molecule has 0 aliphatic heterocycles. The number of hydrogen-bond acceptors (Lipinski definition) is 3. The zero-order valence-electron chi connectivity index (χ0n) is 16.3. The van der Waals surface area contributed by atoms with E-state index in [2.05, 4.69) is 10.1 Å². The summed E-state index contributed by atoms with van der Waals surface area (Å²) in [6.07, 6.45) is -2.72. The van der Waals surface area contributed by atoms with Gasteiger partial charge in [0.15, 0.2) is 0 Å². The first-order chi connectivity index (χ1) is 13.7. The quantitative estimate of drug-likeness (QED) is 0.672. The molecule has 0 aliphatic carbocycles. The Morgan fingerprint density at radius 1 is 1.14 bits per heavy atom. The number of nitrogens with one attached hydrogen (secondary N) is 1. The summed E-state index contributed by atoms with van der Waals surface area (Å²) in [4.78, 5) is 14.5. The number of halogens is 3. The van der Waals surface area contributed by atoms with Crippen LogP contribution < -0.4 is 10.1 Å². The molecule has 1 unspecified atom stereocenters. The molecule has 2 aromatic carbocycles. The van der Waals surface area contributed by atoms with Crippen LogP contribution in [0.5, 0.6) is 5.75 Å². The van der Waals surface area contributed by atoms with E-state index in [0.717, 1.165) is 28.6 Å². The number of amides is 1. The van der Waals surface area contributed by atoms with Crippen molar-refractivity contribution in [2.75, 3.05) is 20.6 Å². The second-order valence-corrected chi connectivity index (χ2v) is 6.97. The summed E-state index contributed by atoms with van der Waals surface area (Å²) in [5.74, 6) is -0.730. The Kier molecular flexibility index (Phi) is 5.83. The number of ether oxygens (including phenoxy) is 1. The molecule has 3 rings (SSSR count). The van der Waals surface area contributed by atoms with Crippen molar-refractivity contribution in [3.8, 4) is 5.75 Å². The zero-order chi connectivity index (χ0) is 21.2. The van der Waals surface area contributed by atoms with Crippen LogP contribution in [0.15, 0.2) is 54.7 Å². The van der Waals surface area contributed by atoms with E-state index in [4.69, 9.17) is 0 Å². The fourth-order valence-corrected chi connectivity index (χ4v) is 3.31. The van der Waals surface area contributed by atoms with Crippen LogP contribution in [-0.4, -0.2) is 42.4 Å². The monoisotopic (exact) mass is 405 g/mol. The van der Waals surface area contributed by atoms with Crippen LogP contribution in [-0.2, 0) is 7.05 Å². The maximum atomic E-state index is 12.5. The Labute approximate surface area is 166 Å². The van der Waals surface area contributed by atoms with Crippen molar-refractivity contribution in [1.29, 1.82) is 0 Å². The second-order valence-electron chi connectivity index (χ2n) is 6.97. The van der Waals surface area contributed by atoms with Crippen molar-refractivity contribution in [2.45, 2.75) is 12.4 Å². The molecule has 8 heteroatoms. The fourth-order valence-electron chi connectivity index (χ4n) is 3.31. The molecular weight excluding hydrogens is 383 g/mol. The zero-order valence-corrected chi connectivity index (χ0v) is 16.3. The summed E-state index contributed by atoms with van der Waals surface area (Å²) >= 11 is 0. The van der Waals surface area contributed by atoms with E-state index in [9.17, 15) is 18.0 Å². The SMILES string of the molecule is CN(C)C(CNC(=O)c1ccc(OC(F)(F)F)cc1)c1cn(C)c2ccccc12. The molecule has 3 aromatic rings. The highest BCUT2D eigenvalue weighted by atomic mass is 19.4. The predicted molar refractivity (Wildman–Crippen MR) is 105 cm³/mol. The largest absolute Gasteiger partial charge is 0.573 e. The molecule has 0 fully saturated rings. The number of rotatable bonds is 6. The van der Waals surface area contributed by atoms with Crippen LogP contribution in [0.1, 0.15) is 22.0 Å². The van der Waals surface area contributed by atoms with E-state index >= 15 is 0 Å². The number of nitrogens with zero attached hydrogens (tertiary/aromatic N) is 2. The average Bonchev–Trinajstić information content (AvgIpc) is 2.98. The van der Waals surface area contributed by atoms with Crippen molar-refractivity contribution < 1.29 is 22.7 Å². The molecule has 1 N–H and O–H groups in total. The molecule has 0 spiro atoms. The van der Waals surface area contributed by atoms with Gasteiger partial charge in [-0.2, -0.15) is 0 Å². The number of likely N-dealkylation sites (N-methyl/N-ethyl adjacent to an activating group) is 1. The third-order valence-electron chi connectivity index (χ3n) is 4.72. The number of para-hydroxylation sites is 1. The van der Waals surface area contributed by atoms with Crippen LogP contribution in [0.2, 0.25) is 0 Å². The molecule has 1 aromatic heterocycles. The lowest BCUT2D eigenvalue weighted by Crippen LogP contribution is -2.34. The third kappa shape index (κ3) is 4.89. The standard InChI is InChI=1S/C21H22F3N3O2/c1-26(2)19(17-13-27(3)18-7-5-4-6-16(17)18)12-25-20(28)14-8-10-15(11-9-14)29-21(22,23)24/h4-11,13,19H,12H2,1-3H3,(H,25,28). The van der Waals surface area contributed by atoms with Gasteiger partial charge in [-0.15, -0.1) is 13.2 Å². The fraction of sp³-hybridized carbons (Fsp3) is 0.286. The topological polar surface area (TPSA) is 46.5 Å². The van der Waals surface area contributed by atoms with Crippen LogP contribution in [0, 0.1) is 0 Å². The van der Waals surface area contributed by atoms with Gasteiger partial charge in [-0.3, -0.25) is 4.79 Å². The van der Waals surface area contributed by atoms with Crippen molar-refractivity contribution in [3.63, 3.8) is 0 Å². The highest BCUT2D eigenvalue weighted by Gasteiger charge is 2.31. The number of aromatic nitrogens is 1. The van der Waals surface area contributed by atoms with Gasteiger partial charge in [-0.05, 0) is 50.0 Å². The smallest absolute Gasteiger partial charge is 0.406 e. The first kappa shape index (κ1) is 20.7. The van der Waals surface area contributed by atoms with Crippen LogP contribution in [0.4, 0.5) is 13.2 Å². The third-order valence-corrected chi connectivity index (χ3v) is 4.72. The Morgan fingerprint density at radius 2 is 1.79 bits per heavy atom. The van der Waals surface area contributed by atoms with Crippen molar-refractivity contribution in [3.05, 3.63) is 65.9 Å². The van der Waals surface area contributed by atoms with Crippen molar-refractivity contribution in [1.82, 2.24) is 14.8 Å². The van der Waals surface area contributed by atoms with E-state index in [-0.39, 0.29) is 23.3 Å². The minimum Gasteiger partial charge on any atom is -0.406 e. The molecule has 0 bridgehead atoms. The molecule has 29 heavy (non-hydrogen) atoms. The molecule has 1 amide bonds. The van der Waals surface area contributed by atoms with Crippen LogP contribution in [0.25, 0.3) is 10.9 Å². The Balaban J connectivity index is 1.73. The van der Waals surface area contributed by atoms with Gasteiger partial charge in [0, 0.05) is 36.3 Å². The molecule has 1 heterocycles. The summed E-state index contributed by atoms with van der Waals surface area (Å²) in [5.41, 5.74) is 2.44. The predicted octanol–water partition coefficient (Wildman–Crippen LogP) is 4.11. The molecule has 0 aliphatic rings. The summed E-state index contributed by atoms with van der Waals surface area (Å²) in [6, 6.07) is 12.8. The van der Waals surface area contributed by atoms with Gasteiger partial charge < -0.3 is 19.5 Å². The number of aryl methyl sites for hydroxylation is 1. The first-order valence-corrected chi connectivity index (χ1v) is 9.00. The maximum Gasteiger partial charge on any atom is 0.573 e. The van der Waals surface area contributed by atoms with Crippen LogP contribution >= 0.6 is 0 Å². The maximum absolute atomic E-state index is 12.5. The lowest BCUT2D eigenvalue weighted by atomic mass is 10.0. The first-order valence-electron chi connectivity index (χ1n) is 9.00. The van der Waals surface area contributed by atoms with E-state index in [1.54, 1.807) is 0 Å². The summed E-state index contributed by atoms with van der Waals surface area (Å²) in [5, 5.41) is 3.98. The van der Waals surface area contributed by atoms with E-state index in [1.165, 1.54) is 12.1 Å². The Hall–Kier alpha value is -3.00. The summed E-state index contributed by atoms with van der Waals surface area (Å²) in [6.45, 7) is 0.348. The van der Waals surface area contributed by atoms with Gasteiger partial charge in [0.05, 0.1) is 6.04 Å². The summed E-state index contributed by atoms with van der Waals surface area (Å²) < 4.78 is 42.6. The second kappa shape index (κ2) is 8.16. The van der Waals surface area contributed by atoms with Crippen LogP contribution in [0.3, 0.4) is 0 Å². The molecular formula is C21H22F3N3O2. The molecule has 0 radical (unpaired) electrons. The lowest BCUT2D eigenvalue weighted by molar-refractivity contribution is -0.274. The lowest BCUT2D eigenvalue weighted by Gasteiger charge is -2.24. The highest BCUT2D eigenvalue weighted by molar-refractivity contribution is 5.94. The number of alkyl halides is 3. The van der Waals surface area contributed by atoms with Gasteiger partial charge in [-0.1, -0.05) is 18.2 Å². The molecule has 0 saturated heterocycles. The Morgan fingerprint density at radius 3 is 2.41 bits per heavy atom. The van der Waals surface area contributed by atoms with Gasteiger partial charge in [0.2, 0.25) is 0 Å². The van der Waals surface area contributed by atoms with Gasteiger partial charge in [0.25, 0.3) is 5.91 Å². The average molecular weight is 405 g/mol. The molecule has 154 valence electrons. The number of hydrogen-bond donors (Lipinski definition) is 1. The molecule has 0 saturated carbocycles. The van der Waals surface area contributed by atoms with Gasteiger partial charge >= 0.3 is 6.36 Å². The number of carbonyl (C=O) groups is 1. The highest BCUT2D eigenvalue weighted by Crippen LogP contribution is 2.28. The van der Waals surface area contributed by atoms with E-state index in [0.29, 0.717) is 6.54 Å². The van der Waals surface area contributed by atoms with E-state index < -0.39 is 6.36 Å². The van der Waals surface area contributed by atoms with E-state index in [1.807, 2.05) is 61.1 Å².